The van der Waals surface area contributed by atoms with Gasteiger partial charge in [-0.15, -0.1) is 25.3 Å². The molecule has 29 heteroatoms. The molecule has 0 atom stereocenters. The molecule has 0 saturated carbocycles. The Kier molecular flexibility index (Phi) is 21.9. The van der Waals surface area contributed by atoms with Gasteiger partial charge in [0, 0.05) is 62.3 Å². The minimum atomic E-state index is -5.18. The summed E-state index contributed by atoms with van der Waals surface area (Å²) in [6.45, 7) is 0. The topological polar surface area (TPSA) is 248 Å². The maximum atomic E-state index is 15.4. The number of ether oxygens (including phenoxy) is 2. The third-order valence-electron chi connectivity index (χ3n) is 13.9. The van der Waals surface area contributed by atoms with Crippen molar-refractivity contribution < 1.29 is 95.8 Å². The Morgan fingerprint density at radius 3 is 1.00 bits per heavy atom. The number of benzene rings is 12. The first kappa shape index (κ1) is 70.0. The van der Waals surface area contributed by atoms with Gasteiger partial charge in [-0.2, -0.15) is 34.4 Å². The lowest BCUT2D eigenvalue weighted by atomic mass is 10.0. The Morgan fingerprint density at radius 2 is 0.629 bits per heavy atom. The first-order valence-electron chi connectivity index (χ1n) is 27.6. The fourth-order valence-electron chi connectivity index (χ4n) is 9.78. The predicted octanol–water partition coefficient (Wildman–Crippen LogP) is 17.2. The number of hydrogen-bond donors (Lipinski definition) is 3. The molecule has 0 fully saturated rings. The molecule has 0 aliphatic rings. The second-order valence-corrected chi connectivity index (χ2v) is 23.7. The van der Waals surface area contributed by atoms with E-state index in [9.17, 15) is 25.9 Å². The number of halogens is 8. The van der Waals surface area contributed by atoms with E-state index in [4.69, 9.17) is 34.7 Å². The van der Waals surface area contributed by atoms with Gasteiger partial charge in [0.25, 0.3) is 20.2 Å². The molecule has 17 nitrogen and oxygen atoms in total. The van der Waals surface area contributed by atoms with Crippen LogP contribution in [-0.4, -0.2) is 51.2 Å². The number of fused-ring (bicyclic) bond motifs is 2. The van der Waals surface area contributed by atoms with E-state index in [-0.39, 0.29) is 11.1 Å². The van der Waals surface area contributed by atoms with Crippen LogP contribution in [0.5, 0.6) is 23.0 Å². The molecule has 97 heavy (non-hydrogen) atoms. The highest BCUT2D eigenvalue weighted by molar-refractivity contribution is 7.86. The Hall–Kier alpha value is -11.3. The molecule has 0 aromatic heterocycles. The van der Waals surface area contributed by atoms with Crippen LogP contribution in [-0.2, 0) is 41.5 Å². The summed E-state index contributed by atoms with van der Waals surface area (Å²) in [4.78, 5) is 2.62. The normalized spacial score (nSPS) is 11.0. The van der Waals surface area contributed by atoms with Gasteiger partial charge in [-0.1, -0.05) is 109 Å². The standard InChI is InChI=1S/C36H29N3.C32H14F8O8S2.2O3S/c1-5-13-31(14-6-1)38(32-15-7-2-8-16-32)35-25-21-29(22-26-35)37-30-23-27-36(28-24-30)39(33-17-9-3-10-18-33)34-19-11-4-12-20-34;33-23-21(24(34)28(38)31(27(23)37)47-19-7-3-5-13-4-1-2-6-17(13)19)22-25(35)29(39)32(30(40)26(22)36)48-20-12-16(50(44,45)46)11-14-10-15(49(41,42)43)8-9-18(14)20;2*1-4(2)3/h1-28,37H;1-12H,(H,41,42,43)(H,44,45,46);;. The van der Waals surface area contributed by atoms with Gasteiger partial charge in [-0.3, -0.25) is 9.11 Å². The largest absolute Gasteiger partial charge is 0.450 e. The molecule has 0 spiro atoms. The van der Waals surface area contributed by atoms with E-state index >= 15 is 35.1 Å². The van der Waals surface area contributed by atoms with E-state index in [2.05, 4.69) is 161 Å². The minimum absolute atomic E-state index is 0.240. The summed E-state index contributed by atoms with van der Waals surface area (Å²) < 4.78 is 249. The van der Waals surface area contributed by atoms with Crippen LogP contribution < -0.4 is 24.6 Å². The highest BCUT2D eigenvalue weighted by atomic mass is 32.2. The molecule has 0 unspecified atom stereocenters. The van der Waals surface area contributed by atoms with Gasteiger partial charge in [0.2, 0.25) is 34.8 Å². The monoisotopic (exact) mass is 1410 g/mol. The van der Waals surface area contributed by atoms with Crippen LogP contribution in [0.4, 0.5) is 80.6 Å². The van der Waals surface area contributed by atoms with Gasteiger partial charge in [0.1, 0.15) is 11.5 Å². The van der Waals surface area contributed by atoms with E-state index in [1.165, 1.54) is 24.3 Å². The Bertz CT molecular complexity index is 5070. The molecule has 12 aromatic carbocycles. The molecule has 12 aromatic rings. The lowest BCUT2D eigenvalue weighted by molar-refractivity contribution is 0.362. The molecule has 0 aliphatic heterocycles. The van der Waals surface area contributed by atoms with Crippen LogP contribution in [0, 0.1) is 46.5 Å². The first-order chi connectivity index (χ1) is 46.2. The summed E-state index contributed by atoms with van der Waals surface area (Å²) >= 11 is 0. The van der Waals surface area contributed by atoms with E-state index in [0.717, 1.165) is 57.6 Å². The quantitative estimate of drug-likeness (QED) is 0.0490. The zero-order valence-corrected chi connectivity index (χ0v) is 52.2. The molecule has 494 valence electrons. The molecule has 12 rings (SSSR count). The maximum absolute atomic E-state index is 15.4. The molecular formula is C68H43F8N3O14S4. The number of rotatable bonds is 15. The predicted molar refractivity (Wildman–Crippen MR) is 344 cm³/mol. The fraction of sp³-hybridized carbons (Fsp3) is 0. The van der Waals surface area contributed by atoms with Crippen LogP contribution in [0.3, 0.4) is 0 Å². The second kappa shape index (κ2) is 30.4. The van der Waals surface area contributed by atoms with Crippen molar-refractivity contribution in [3.8, 4) is 34.1 Å². The van der Waals surface area contributed by atoms with Gasteiger partial charge in [0.05, 0.1) is 20.9 Å². The van der Waals surface area contributed by atoms with Crippen LogP contribution in [0.25, 0.3) is 32.7 Å². The molecule has 0 bridgehead atoms. The molecule has 0 radical (unpaired) electrons. The summed E-state index contributed by atoms with van der Waals surface area (Å²) in [7, 11) is -16.3. The summed E-state index contributed by atoms with van der Waals surface area (Å²) in [6, 6.07) is 72.5. The fourth-order valence-corrected chi connectivity index (χ4v) is 10.8. The molecule has 0 amide bonds. The number of nitrogens with one attached hydrogen (secondary N) is 1. The van der Waals surface area contributed by atoms with Gasteiger partial charge in [-0.05, 0) is 138 Å². The lowest BCUT2D eigenvalue weighted by Gasteiger charge is -2.26. The summed E-state index contributed by atoms with van der Waals surface area (Å²) in [5.41, 5.74) is 4.34. The zero-order valence-electron chi connectivity index (χ0n) is 48.9. The van der Waals surface area contributed by atoms with E-state index in [1.54, 1.807) is 18.2 Å². The number of anilines is 8. The maximum Gasteiger partial charge on any atom is 0.425 e. The van der Waals surface area contributed by atoms with Gasteiger partial charge in [-0.25, -0.2) is 17.6 Å². The molecule has 0 heterocycles. The van der Waals surface area contributed by atoms with Crippen LogP contribution in [0.1, 0.15) is 0 Å². The molecule has 0 saturated heterocycles. The van der Waals surface area contributed by atoms with Crippen molar-refractivity contribution in [2.45, 2.75) is 9.79 Å². The van der Waals surface area contributed by atoms with E-state index < -0.39 is 137 Å². The SMILES string of the molecule is O=S(=O)(O)c1ccc2c(Oc3c(F)c(F)c(-c4c(F)c(F)c(Oc5cccc6ccccc56)c(F)c4F)c(F)c3F)cc(S(=O)(=O)O)cc2c1.O=S(=O)=O.O=S(=O)=O.c1ccc(N(c2ccccc2)c2ccc(Nc3ccc(N(c4ccccc4)c4ccccc4)cc3)cc2)cc1. The summed E-state index contributed by atoms with van der Waals surface area (Å²) in [5.74, 6) is -25.0. The average molecular weight is 1410 g/mol. The number of hydrogen-bond acceptors (Lipinski definition) is 15. The smallest absolute Gasteiger partial charge is 0.425 e. The zero-order chi connectivity index (χ0) is 69.9. The van der Waals surface area contributed by atoms with Crippen molar-refractivity contribution in [2.24, 2.45) is 0 Å². The van der Waals surface area contributed by atoms with Crippen LogP contribution in [0.15, 0.2) is 252 Å². The van der Waals surface area contributed by atoms with Gasteiger partial charge in [0.15, 0.2) is 23.3 Å². The molecule has 3 N–H and O–H groups in total. The number of para-hydroxylation sites is 4. The Morgan fingerprint density at radius 1 is 0.320 bits per heavy atom. The summed E-state index contributed by atoms with van der Waals surface area (Å²) in [6.07, 6.45) is 0. The van der Waals surface area contributed by atoms with Crippen molar-refractivity contribution in [1.82, 2.24) is 0 Å². The first-order valence-corrected chi connectivity index (χ1v) is 32.5. The molecule has 0 aliphatic carbocycles. The Labute approximate surface area is 549 Å². The summed E-state index contributed by atoms with van der Waals surface area (Å²) in [5, 5.41) is 3.41. The van der Waals surface area contributed by atoms with Crippen LogP contribution >= 0.6 is 0 Å². The van der Waals surface area contributed by atoms with Crippen molar-refractivity contribution in [2.75, 3.05) is 15.1 Å². The number of nitrogens with zero attached hydrogens (tertiary/aromatic N) is 2. The average Bonchev–Trinajstić information content (AvgIpc) is 0.743. The van der Waals surface area contributed by atoms with Crippen molar-refractivity contribution >= 4 is 108 Å². The second-order valence-electron chi connectivity index (χ2n) is 20.0. The highest BCUT2D eigenvalue weighted by Gasteiger charge is 2.36. The van der Waals surface area contributed by atoms with E-state index in [0.29, 0.717) is 23.6 Å². The van der Waals surface area contributed by atoms with Gasteiger partial charge < -0.3 is 24.6 Å². The van der Waals surface area contributed by atoms with Crippen molar-refractivity contribution in [3.63, 3.8) is 0 Å². The van der Waals surface area contributed by atoms with Crippen LogP contribution in [0.2, 0.25) is 0 Å². The van der Waals surface area contributed by atoms with Gasteiger partial charge >= 0.3 is 21.2 Å². The Balaban J connectivity index is 0.000000209. The van der Waals surface area contributed by atoms with Crippen molar-refractivity contribution in [3.05, 3.63) is 289 Å². The highest BCUT2D eigenvalue weighted by Crippen LogP contribution is 2.46. The third kappa shape index (κ3) is 16.6. The molecular weight excluding hydrogens is 1360 g/mol. The third-order valence-corrected chi connectivity index (χ3v) is 15.6. The lowest BCUT2D eigenvalue weighted by Crippen LogP contribution is -2.09. The van der Waals surface area contributed by atoms with E-state index in [1.807, 2.05) is 24.3 Å². The minimum Gasteiger partial charge on any atom is -0.450 e. The van der Waals surface area contributed by atoms with Crippen molar-refractivity contribution in [1.29, 1.82) is 0 Å².